The molecule has 0 nitrogen and oxygen atoms in total. The smallest absolute Gasteiger partial charge is 0.166 e. The highest BCUT2D eigenvalue weighted by Gasteiger charge is 2.37. The Morgan fingerprint density at radius 2 is 1.63 bits per heavy atom. The summed E-state index contributed by atoms with van der Waals surface area (Å²) in [7, 11) is 0. The third kappa shape index (κ3) is 2.91. The van der Waals surface area contributed by atoms with Crippen LogP contribution in [0.25, 0.3) is 10.4 Å². The minimum atomic E-state index is -4.70. The first-order valence-corrected chi connectivity index (χ1v) is 5.81. The molecule has 0 saturated carbocycles. The second-order valence-corrected chi connectivity index (χ2v) is 4.58. The summed E-state index contributed by atoms with van der Waals surface area (Å²) in [5, 5.41) is 1.38. The fourth-order valence-corrected chi connectivity index (χ4v) is 2.25. The number of hydrogen-bond donors (Lipinski definition) is 0. The molecule has 0 atom stereocenters. The lowest BCUT2D eigenvalue weighted by molar-refractivity contribution is -0.141. The Kier molecular flexibility index (Phi) is 3.34. The Morgan fingerprint density at radius 3 is 2.11 bits per heavy atom. The Hall–Kier alpha value is -1.50. The van der Waals surface area contributed by atoms with Crippen molar-refractivity contribution in [1.82, 2.24) is 0 Å². The number of thiophene rings is 1. The zero-order chi connectivity index (χ0) is 14.3. The molecule has 0 N–H and O–H groups in total. The van der Waals surface area contributed by atoms with Crippen molar-refractivity contribution in [1.29, 1.82) is 0 Å². The van der Waals surface area contributed by atoms with Crippen LogP contribution in [0.5, 0.6) is 0 Å². The normalized spacial score (nSPS) is 12.7. The van der Waals surface area contributed by atoms with Gasteiger partial charge in [0.1, 0.15) is 0 Å². The number of rotatable bonds is 1. The van der Waals surface area contributed by atoms with Gasteiger partial charge in [-0.1, -0.05) is 0 Å². The molecule has 0 aliphatic heterocycles. The van der Waals surface area contributed by atoms with Crippen LogP contribution in [-0.2, 0) is 12.4 Å². The molecule has 101 valence electrons. The second kappa shape index (κ2) is 4.56. The van der Waals surface area contributed by atoms with Gasteiger partial charge in [0.05, 0.1) is 11.1 Å². The van der Waals surface area contributed by atoms with Crippen LogP contribution in [-0.4, -0.2) is 0 Å². The monoisotopic (exact) mass is 295 g/mol. The number of benzene rings is 1. The summed E-state index contributed by atoms with van der Waals surface area (Å²) in [5.74, 6) is 0. The van der Waals surface area contributed by atoms with Crippen LogP contribution >= 0.6 is 11.3 Å². The topological polar surface area (TPSA) is 0 Å². The van der Waals surface area contributed by atoms with Crippen molar-refractivity contribution >= 4 is 11.3 Å². The maximum atomic E-state index is 12.8. The van der Waals surface area contributed by atoms with Crippen LogP contribution in [0.2, 0.25) is 0 Å². The molecular formula is C12H5F6S. The van der Waals surface area contributed by atoms with Gasteiger partial charge in [-0.15, -0.1) is 11.3 Å². The number of hydrogen-bond acceptors (Lipinski definition) is 1. The minimum Gasteiger partial charge on any atom is -0.166 e. The summed E-state index contributed by atoms with van der Waals surface area (Å²) in [6.07, 6.45) is -9.39. The highest BCUT2D eigenvalue weighted by molar-refractivity contribution is 7.13. The lowest BCUT2D eigenvalue weighted by atomic mass is 10.0. The van der Waals surface area contributed by atoms with Gasteiger partial charge in [0.15, 0.2) is 0 Å². The molecule has 1 radical (unpaired) electrons. The van der Waals surface area contributed by atoms with Crippen LogP contribution in [0.3, 0.4) is 0 Å². The summed E-state index contributed by atoms with van der Waals surface area (Å²) in [4.78, 5) is 0.0958. The molecule has 0 unspecified atom stereocenters. The fraction of sp³-hybridized carbons (Fsp3) is 0.167. The Bertz CT molecular complexity index is 565. The molecule has 19 heavy (non-hydrogen) atoms. The molecule has 7 heteroatoms. The van der Waals surface area contributed by atoms with Crippen molar-refractivity contribution < 1.29 is 26.3 Å². The standard InChI is InChI=1S/C12H5F6S/c13-11(14,15)7-3-4-9(12(16,17)18)8(6-7)10-2-1-5-19-10/h2-6H. The first-order chi connectivity index (χ1) is 8.69. The van der Waals surface area contributed by atoms with E-state index in [0.29, 0.717) is 18.2 Å². The quantitative estimate of drug-likeness (QED) is 0.630. The predicted octanol–water partition coefficient (Wildman–Crippen LogP) is 5.25. The SMILES string of the molecule is FC(F)(F)c1ccc(C(F)(F)F)c(-c2c[c]cs2)c1. The minimum absolute atomic E-state index is 0.0958. The predicted molar refractivity (Wildman–Crippen MR) is 58.6 cm³/mol. The van der Waals surface area contributed by atoms with E-state index in [4.69, 9.17) is 0 Å². The van der Waals surface area contributed by atoms with Gasteiger partial charge in [-0.2, -0.15) is 26.3 Å². The summed E-state index contributed by atoms with van der Waals surface area (Å²) in [6.45, 7) is 0. The first-order valence-electron chi connectivity index (χ1n) is 4.93. The van der Waals surface area contributed by atoms with E-state index in [1.54, 1.807) is 0 Å². The van der Waals surface area contributed by atoms with Gasteiger partial charge in [-0.25, -0.2) is 0 Å². The Balaban J connectivity index is 2.65. The molecule has 1 heterocycles. The van der Waals surface area contributed by atoms with Crippen LogP contribution in [0.1, 0.15) is 11.1 Å². The maximum absolute atomic E-state index is 12.8. The molecule has 0 saturated heterocycles. The average molecular weight is 295 g/mol. The maximum Gasteiger partial charge on any atom is 0.417 e. The number of alkyl halides is 6. The van der Waals surface area contributed by atoms with E-state index < -0.39 is 29.0 Å². The van der Waals surface area contributed by atoms with Gasteiger partial charge in [0, 0.05) is 10.4 Å². The highest BCUT2D eigenvalue weighted by Crippen LogP contribution is 2.41. The zero-order valence-corrected chi connectivity index (χ0v) is 9.88. The van der Waals surface area contributed by atoms with Gasteiger partial charge >= 0.3 is 12.4 Å². The molecule has 0 aliphatic carbocycles. The molecule has 0 aliphatic rings. The molecule has 0 spiro atoms. The van der Waals surface area contributed by atoms with E-state index in [1.165, 1.54) is 11.4 Å². The van der Waals surface area contributed by atoms with Gasteiger partial charge in [-0.05, 0) is 35.7 Å². The highest BCUT2D eigenvalue weighted by atomic mass is 32.1. The molecule has 0 bridgehead atoms. The molecule has 1 aromatic heterocycles. The molecule has 0 amide bonds. The summed E-state index contributed by atoms with van der Waals surface area (Å²) < 4.78 is 76.0. The average Bonchev–Trinajstić information content (AvgIpc) is 2.79. The Labute approximate surface area is 108 Å². The van der Waals surface area contributed by atoms with Crippen LogP contribution in [0.15, 0.2) is 29.6 Å². The largest absolute Gasteiger partial charge is 0.417 e. The lowest BCUT2D eigenvalue weighted by Gasteiger charge is -2.14. The van der Waals surface area contributed by atoms with Crippen molar-refractivity contribution in [3.05, 3.63) is 46.8 Å². The van der Waals surface area contributed by atoms with E-state index in [-0.39, 0.29) is 4.88 Å². The van der Waals surface area contributed by atoms with E-state index in [2.05, 4.69) is 6.07 Å². The summed E-state index contributed by atoms with van der Waals surface area (Å²) in [5.41, 5.74) is -2.67. The van der Waals surface area contributed by atoms with E-state index in [1.807, 2.05) is 0 Å². The van der Waals surface area contributed by atoms with Gasteiger partial charge in [-0.3, -0.25) is 0 Å². The van der Waals surface area contributed by atoms with Crippen LogP contribution in [0, 0.1) is 6.07 Å². The van der Waals surface area contributed by atoms with Gasteiger partial charge in [0.2, 0.25) is 0 Å². The van der Waals surface area contributed by atoms with Crippen molar-refractivity contribution in [2.75, 3.05) is 0 Å². The van der Waals surface area contributed by atoms with Crippen molar-refractivity contribution in [2.45, 2.75) is 12.4 Å². The fourth-order valence-electron chi connectivity index (χ4n) is 1.55. The van der Waals surface area contributed by atoms with Crippen molar-refractivity contribution in [3.63, 3.8) is 0 Å². The van der Waals surface area contributed by atoms with Crippen molar-refractivity contribution in [2.24, 2.45) is 0 Å². The zero-order valence-electron chi connectivity index (χ0n) is 9.06. The lowest BCUT2D eigenvalue weighted by Crippen LogP contribution is -2.10. The molecular weight excluding hydrogens is 290 g/mol. The second-order valence-electron chi connectivity index (χ2n) is 3.67. The van der Waals surface area contributed by atoms with E-state index in [9.17, 15) is 26.3 Å². The number of halogens is 6. The van der Waals surface area contributed by atoms with Crippen LogP contribution < -0.4 is 0 Å². The molecule has 2 rings (SSSR count). The van der Waals surface area contributed by atoms with E-state index >= 15 is 0 Å². The summed E-state index contributed by atoms with van der Waals surface area (Å²) in [6, 6.07) is 5.17. The van der Waals surface area contributed by atoms with Crippen molar-refractivity contribution in [3.8, 4) is 10.4 Å². The van der Waals surface area contributed by atoms with Gasteiger partial charge < -0.3 is 0 Å². The van der Waals surface area contributed by atoms with E-state index in [0.717, 1.165) is 11.3 Å². The molecule has 2 aromatic rings. The van der Waals surface area contributed by atoms with Gasteiger partial charge in [0.25, 0.3) is 0 Å². The molecule has 1 aromatic carbocycles. The third-order valence-corrected chi connectivity index (χ3v) is 3.23. The van der Waals surface area contributed by atoms with Crippen LogP contribution in [0.4, 0.5) is 26.3 Å². The first kappa shape index (κ1) is 13.9. The summed E-state index contributed by atoms with van der Waals surface area (Å²) >= 11 is 0.903. The Morgan fingerprint density at radius 1 is 0.947 bits per heavy atom. The molecule has 0 fully saturated rings. The third-order valence-electron chi connectivity index (χ3n) is 2.39.